The first-order valence-corrected chi connectivity index (χ1v) is 6.14. The molecule has 0 atom stereocenters. The average Bonchev–Trinajstić information content (AvgIpc) is 2.59. The maximum atomic E-state index is 12.7. The second-order valence-corrected chi connectivity index (χ2v) is 5.11. The summed E-state index contributed by atoms with van der Waals surface area (Å²) < 4.78 is 38.0. The van der Waals surface area contributed by atoms with E-state index in [9.17, 15) is 13.2 Å². The Hall–Kier alpha value is -1.20. The number of nitrogens with two attached hydrogens (primary N) is 1. The minimum Gasteiger partial charge on any atom is -0.370 e. The fourth-order valence-electron chi connectivity index (χ4n) is 2.97. The second kappa shape index (κ2) is 4.48. The molecule has 1 heterocycles. The van der Waals surface area contributed by atoms with Gasteiger partial charge in [-0.1, -0.05) is 6.08 Å². The minimum absolute atomic E-state index is 0.167. The van der Waals surface area contributed by atoms with Crippen molar-refractivity contribution < 1.29 is 13.2 Å². The van der Waals surface area contributed by atoms with Gasteiger partial charge in [0, 0.05) is 6.54 Å². The highest BCUT2D eigenvalue weighted by Gasteiger charge is 2.49. The summed E-state index contributed by atoms with van der Waals surface area (Å²) in [4.78, 5) is 6.10. The zero-order valence-corrected chi connectivity index (χ0v) is 10.2. The monoisotopic (exact) mass is 261 g/mol. The lowest BCUT2D eigenvalue weighted by Gasteiger charge is -2.44. The molecule has 0 bridgehead atoms. The van der Waals surface area contributed by atoms with Gasteiger partial charge < -0.3 is 10.6 Å². The summed E-state index contributed by atoms with van der Waals surface area (Å²) in [7, 11) is 0. The van der Waals surface area contributed by atoms with Crippen LogP contribution >= 0.6 is 0 Å². The number of alkyl halides is 3. The van der Waals surface area contributed by atoms with Crippen LogP contribution in [0.15, 0.2) is 17.6 Å². The van der Waals surface area contributed by atoms with Crippen molar-refractivity contribution in [3.63, 3.8) is 0 Å². The number of halogens is 3. The normalized spacial score (nSPS) is 32.7. The van der Waals surface area contributed by atoms with Gasteiger partial charge in [0.15, 0.2) is 5.96 Å². The molecule has 6 heteroatoms. The lowest BCUT2D eigenvalue weighted by molar-refractivity contribution is -0.186. The van der Waals surface area contributed by atoms with Crippen LogP contribution in [0.2, 0.25) is 0 Å². The van der Waals surface area contributed by atoms with Crippen LogP contribution in [0.25, 0.3) is 0 Å². The molecule has 0 saturated heterocycles. The van der Waals surface area contributed by atoms with E-state index < -0.39 is 12.1 Å². The summed E-state index contributed by atoms with van der Waals surface area (Å²) in [5, 5.41) is 0. The van der Waals surface area contributed by atoms with E-state index in [4.69, 9.17) is 5.73 Å². The van der Waals surface area contributed by atoms with E-state index in [1.807, 2.05) is 4.90 Å². The molecule has 0 aromatic rings. The Morgan fingerprint density at radius 1 is 1.44 bits per heavy atom. The van der Waals surface area contributed by atoms with E-state index >= 15 is 0 Å². The van der Waals surface area contributed by atoms with Crippen molar-refractivity contribution in [2.45, 2.75) is 37.4 Å². The van der Waals surface area contributed by atoms with E-state index in [1.165, 1.54) is 0 Å². The lowest BCUT2D eigenvalue weighted by Crippen LogP contribution is -2.54. The quantitative estimate of drug-likeness (QED) is 0.775. The fourth-order valence-corrected chi connectivity index (χ4v) is 2.97. The van der Waals surface area contributed by atoms with Crippen molar-refractivity contribution in [3.8, 4) is 0 Å². The predicted octanol–water partition coefficient (Wildman–Crippen LogP) is 2.29. The SMILES string of the molecule is C=CCN1C(N)=NCC12CCC(C(F)(F)F)CC2. The summed E-state index contributed by atoms with van der Waals surface area (Å²) in [6, 6.07) is 0. The Bertz CT molecular complexity index is 354. The van der Waals surface area contributed by atoms with Crippen LogP contribution in [-0.2, 0) is 0 Å². The summed E-state index contributed by atoms with van der Waals surface area (Å²) >= 11 is 0. The molecule has 0 aromatic heterocycles. The minimum atomic E-state index is -4.07. The molecule has 0 unspecified atom stereocenters. The van der Waals surface area contributed by atoms with Gasteiger partial charge in [-0.15, -0.1) is 6.58 Å². The molecule has 0 aromatic carbocycles. The number of aliphatic imine (C=N–C) groups is 1. The molecule has 3 nitrogen and oxygen atoms in total. The number of hydrogen-bond acceptors (Lipinski definition) is 3. The molecule has 18 heavy (non-hydrogen) atoms. The standard InChI is InChI=1S/C12H18F3N3/c1-2-7-18-10(16)17-8-11(18)5-3-9(4-6-11)12(13,14)15/h2,9H,1,3-8H2,(H2,16,17). The van der Waals surface area contributed by atoms with Gasteiger partial charge in [-0.2, -0.15) is 13.2 Å². The Morgan fingerprint density at radius 3 is 2.56 bits per heavy atom. The third-order valence-electron chi connectivity index (χ3n) is 4.08. The van der Waals surface area contributed by atoms with Gasteiger partial charge in [-0.05, 0) is 25.7 Å². The van der Waals surface area contributed by atoms with Crippen LogP contribution in [0.5, 0.6) is 0 Å². The van der Waals surface area contributed by atoms with Crippen LogP contribution < -0.4 is 5.73 Å². The smallest absolute Gasteiger partial charge is 0.370 e. The zero-order chi connectivity index (χ0) is 13.4. The molecule has 102 valence electrons. The molecular weight excluding hydrogens is 243 g/mol. The largest absolute Gasteiger partial charge is 0.391 e. The topological polar surface area (TPSA) is 41.6 Å². The molecule has 1 aliphatic heterocycles. The Kier molecular flexibility index (Phi) is 3.29. The van der Waals surface area contributed by atoms with Crippen LogP contribution in [0.1, 0.15) is 25.7 Å². The Morgan fingerprint density at radius 2 is 2.06 bits per heavy atom. The van der Waals surface area contributed by atoms with E-state index in [1.54, 1.807) is 6.08 Å². The first-order chi connectivity index (χ1) is 8.39. The zero-order valence-electron chi connectivity index (χ0n) is 10.2. The molecular formula is C12H18F3N3. The van der Waals surface area contributed by atoms with Gasteiger partial charge in [-0.25, -0.2) is 0 Å². The average molecular weight is 261 g/mol. The molecule has 2 aliphatic rings. The highest BCUT2D eigenvalue weighted by molar-refractivity contribution is 5.81. The maximum Gasteiger partial charge on any atom is 0.391 e. The van der Waals surface area contributed by atoms with Crippen molar-refractivity contribution >= 4 is 5.96 Å². The number of rotatable bonds is 2. The van der Waals surface area contributed by atoms with Gasteiger partial charge in [0.2, 0.25) is 0 Å². The highest BCUT2D eigenvalue weighted by Crippen LogP contribution is 2.44. The lowest BCUT2D eigenvalue weighted by atomic mass is 9.75. The third kappa shape index (κ3) is 2.20. The highest BCUT2D eigenvalue weighted by atomic mass is 19.4. The van der Waals surface area contributed by atoms with E-state index in [0.29, 0.717) is 31.9 Å². The van der Waals surface area contributed by atoms with E-state index in [0.717, 1.165) is 0 Å². The van der Waals surface area contributed by atoms with E-state index in [-0.39, 0.29) is 18.4 Å². The van der Waals surface area contributed by atoms with Crippen molar-refractivity contribution in [1.82, 2.24) is 4.90 Å². The predicted molar refractivity (Wildman–Crippen MR) is 64.1 cm³/mol. The van der Waals surface area contributed by atoms with Crippen LogP contribution in [0, 0.1) is 5.92 Å². The van der Waals surface area contributed by atoms with Crippen molar-refractivity contribution in [2.75, 3.05) is 13.1 Å². The first-order valence-electron chi connectivity index (χ1n) is 6.14. The number of hydrogen-bond donors (Lipinski definition) is 1. The fraction of sp³-hybridized carbons (Fsp3) is 0.750. The molecule has 2 rings (SSSR count). The second-order valence-electron chi connectivity index (χ2n) is 5.11. The van der Waals surface area contributed by atoms with Gasteiger partial charge in [0.1, 0.15) is 0 Å². The molecule has 1 saturated carbocycles. The molecule has 1 fully saturated rings. The van der Waals surface area contributed by atoms with Crippen LogP contribution in [0.4, 0.5) is 13.2 Å². The van der Waals surface area contributed by atoms with Crippen molar-refractivity contribution in [1.29, 1.82) is 0 Å². The molecule has 1 spiro atoms. The number of nitrogens with zero attached hydrogens (tertiary/aromatic N) is 2. The first kappa shape index (κ1) is 13.2. The summed E-state index contributed by atoms with van der Waals surface area (Å²) in [6.07, 6.45) is -1.04. The van der Waals surface area contributed by atoms with Crippen LogP contribution in [-0.4, -0.2) is 35.7 Å². The maximum absolute atomic E-state index is 12.7. The molecule has 2 N–H and O–H groups in total. The summed E-state index contributed by atoms with van der Waals surface area (Å²) in [6.45, 7) is 4.72. The molecule has 1 aliphatic carbocycles. The summed E-state index contributed by atoms with van der Waals surface area (Å²) in [5.74, 6) is -0.740. The Balaban J connectivity index is 2.06. The third-order valence-corrected chi connectivity index (χ3v) is 4.08. The summed E-state index contributed by atoms with van der Waals surface area (Å²) in [5.41, 5.74) is 5.49. The molecule has 0 radical (unpaired) electrons. The number of guanidine groups is 1. The van der Waals surface area contributed by atoms with Gasteiger partial charge in [-0.3, -0.25) is 4.99 Å². The van der Waals surface area contributed by atoms with Gasteiger partial charge in [0.05, 0.1) is 18.0 Å². The molecule has 0 amide bonds. The van der Waals surface area contributed by atoms with Gasteiger partial charge >= 0.3 is 6.18 Å². The Labute approximate surface area is 105 Å². The van der Waals surface area contributed by atoms with Crippen LogP contribution in [0.3, 0.4) is 0 Å². The van der Waals surface area contributed by atoms with Crippen molar-refractivity contribution in [2.24, 2.45) is 16.6 Å². The van der Waals surface area contributed by atoms with E-state index in [2.05, 4.69) is 11.6 Å². The van der Waals surface area contributed by atoms with Crippen molar-refractivity contribution in [3.05, 3.63) is 12.7 Å². The van der Waals surface area contributed by atoms with Gasteiger partial charge in [0.25, 0.3) is 0 Å².